The lowest BCUT2D eigenvalue weighted by Crippen LogP contribution is -2.49. The van der Waals surface area contributed by atoms with Gasteiger partial charge in [0.2, 0.25) is 11.5 Å². The average molecular weight is 476 g/mol. The quantitative estimate of drug-likeness (QED) is 0.544. The Morgan fingerprint density at radius 2 is 2.00 bits per heavy atom. The van der Waals surface area contributed by atoms with Gasteiger partial charge in [0.25, 0.3) is 0 Å². The van der Waals surface area contributed by atoms with Crippen LogP contribution in [0.2, 0.25) is 0 Å². The van der Waals surface area contributed by atoms with Gasteiger partial charge < -0.3 is 28.8 Å². The first kappa shape index (κ1) is 24.2. The van der Waals surface area contributed by atoms with E-state index in [2.05, 4.69) is 4.98 Å². The second-order valence-corrected chi connectivity index (χ2v) is 8.53. The number of nitrogens with zero attached hydrogens (tertiary/aromatic N) is 1. The summed E-state index contributed by atoms with van der Waals surface area (Å²) in [5.41, 5.74) is 0.551. The van der Waals surface area contributed by atoms with Crippen LogP contribution in [0.25, 0.3) is 11.1 Å². The predicted molar refractivity (Wildman–Crippen MR) is 121 cm³/mol. The van der Waals surface area contributed by atoms with E-state index in [4.69, 9.17) is 23.7 Å². The Hall–Kier alpha value is -2.91. The molecule has 1 aromatic carbocycles. The Kier molecular flexibility index (Phi) is 7.23. The number of methoxy groups -OCH3 is 1. The molecule has 34 heavy (non-hydrogen) atoms. The fourth-order valence-electron chi connectivity index (χ4n) is 4.02. The van der Waals surface area contributed by atoms with Gasteiger partial charge in [-0.2, -0.15) is 0 Å². The molecule has 184 valence electrons. The zero-order valence-corrected chi connectivity index (χ0v) is 19.7. The monoisotopic (exact) mass is 475 g/mol. The second kappa shape index (κ2) is 10.1. The zero-order chi connectivity index (χ0) is 24.3. The van der Waals surface area contributed by atoms with Gasteiger partial charge in [0.1, 0.15) is 5.75 Å². The summed E-state index contributed by atoms with van der Waals surface area (Å²) in [6.07, 6.45) is 4.03. The SMILES string of the molecule is CCOc1c(C)c(OC)cc(-c2cnc(OC3(C(=O)O)CCOCC3)cc2COC2CC2)c1F. The third-order valence-electron chi connectivity index (χ3n) is 6.17. The summed E-state index contributed by atoms with van der Waals surface area (Å²) in [5, 5.41) is 9.83. The van der Waals surface area contributed by atoms with Gasteiger partial charge in [0, 0.05) is 41.8 Å². The lowest BCUT2D eigenvalue weighted by atomic mass is 9.94. The molecule has 2 aliphatic rings. The average Bonchev–Trinajstić information content (AvgIpc) is 3.66. The van der Waals surface area contributed by atoms with Crippen LogP contribution in [0.3, 0.4) is 0 Å². The molecule has 0 spiro atoms. The van der Waals surface area contributed by atoms with Gasteiger partial charge in [0.15, 0.2) is 11.6 Å². The summed E-state index contributed by atoms with van der Waals surface area (Å²) < 4.78 is 43.8. The van der Waals surface area contributed by atoms with Crippen LogP contribution in [0.4, 0.5) is 4.39 Å². The van der Waals surface area contributed by atoms with Gasteiger partial charge in [-0.25, -0.2) is 14.2 Å². The number of carboxylic acids is 1. The van der Waals surface area contributed by atoms with Crippen molar-refractivity contribution in [2.24, 2.45) is 0 Å². The molecule has 0 bridgehead atoms. The molecule has 2 fully saturated rings. The number of halogens is 1. The summed E-state index contributed by atoms with van der Waals surface area (Å²) in [6, 6.07) is 3.24. The number of hydrogen-bond donors (Lipinski definition) is 1. The molecule has 2 heterocycles. The van der Waals surface area contributed by atoms with Crippen molar-refractivity contribution in [1.29, 1.82) is 0 Å². The third-order valence-corrected chi connectivity index (χ3v) is 6.17. The Morgan fingerprint density at radius 3 is 2.62 bits per heavy atom. The smallest absolute Gasteiger partial charge is 0.348 e. The molecule has 1 N–H and O–H groups in total. The summed E-state index contributed by atoms with van der Waals surface area (Å²) in [4.78, 5) is 16.4. The van der Waals surface area contributed by atoms with Crippen LogP contribution < -0.4 is 14.2 Å². The van der Waals surface area contributed by atoms with E-state index in [9.17, 15) is 9.90 Å². The fraction of sp³-hybridized carbons (Fsp3) is 0.520. The highest BCUT2D eigenvalue weighted by Crippen LogP contribution is 2.40. The van der Waals surface area contributed by atoms with E-state index in [1.54, 1.807) is 26.0 Å². The fourth-order valence-corrected chi connectivity index (χ4v) is 4.02. The number of aromatic nitrogens is 1. The minimum Gasteiger partial charge on any atom is -0.496 e. The molecule has 0 amide bonds. The maximum atomic E-state index is 15.6. The lowest BCUT2D eigenvalue weighted by molar-refractivity contribution is -0.164. The standard InChI is InChI=1S/C25H30FNO7/c1-4-32-23-15(2)20(30-3)12-18(22(23)26)19-13-27-21(11-16(19)14-33-17-5-6-17)34-25(24(28)29)7-9-31-10-8-25/h11-13,17H,4-10,14H2,1-3H3,(H,28,29). The molecule has 8 nitrogen and oxygen atoms in total. The molecule has 0 radical (unpaired) electrons. The Labute approximate surface area is 197 Å². The minimum atomic E-state index is -1.41. The molecule has 0 unspecified atom stereocenters. The van der Waals surface area contributed by atoms with Crippen molar-refractivity contribution in [3.8, 4) is 28.5 Å². The maximum Gasteiger partial charge on any atom is 0.348 e. The van der Waals surface area contributed by atoms with Crippen molar-refractivity contribution < 1.29 is 38.0 Å². The number of carboxylic acid groups (broad SMARTS) is 1. The van der Waals surface area contributed by atoms with E-state index in [1.165, 1.54) is 13.3 Å². The Balaban J connectivity index is 1.75. The number of carbonyl (C=O) groups is 1. The molecule has 1 aromatic heterocycles. The topological polar surface area (TPSA) is 96.3 Å². The van der Waals surface area contributed by atoms with Crippen LogP contribution >= 0.6 is 0 Å². The molecule has 1 saturated heterocycles. The highest BCUT2D eigenvalue weighted by atomic mass is 19.1. The largest absolute Gasteiger partial charge is 0.496 e. The number of rotatable bonds is 10. The first-order valence-corrected chi connectivity index (χ1v) is 11.5. The number of ether oxygens (including phenoxy) is 5. The molecule has 0 atom stereocenters. The molecule has 2 aromatic rings. The lowest BCUT2D eigenvalue weighted by Gasteiger charge is -2.33. The van der Waals surface area contributed by atoms with Crippen molar-refractivity contribution in [3.63, 3.8) is 0 Å². The van der Waals surface area contributed by atoms with Gasteiger partial charge in [-0.05, 0) is 38.3 Å². The highest BCUT2D eigenvalue weighted by molar-refractivity contribution is 5.78. The first-order valence-electron chi connectivity index (χ1n) is 11.5. The van der Waals surface area contributed by atoms with E-state index in [1.807, 2.05) is 0 Å². The molecule has 4 rings (SSSR count). The molecular weight excluding hydrogens is 445 g/mol. The summed E-state index contributed by atoms with van der Waals surface area (Å²) >= 11 is 0. The number of benzene rings is 1. The molecular formula is C25H30FNO7. The van der Waals surface area contributed by atoms with Gasteiger partial charge in [-0.3, -0.25) is 0 Å². The van der Waals surface area contributed by atoms with E-state index < -0.39 is 17.4 Å². The highest BCUT2D eigenvalue weighted by Gasteiger charge is 2.43. The normalized spacial score (nSPS) is 17.3. The van der Waals surface area contributed by atoms with Crippen LogP contribution in [-0.4, -0.2) is 54.7 Å². The van der Waals surface area contributed by atoms with Crippen molar-refractivity contribution >= 4 is 5.97 Å². The van der Waals surface area contributed by atoms with E-state index in [-0.39, 0.29) is 56.0 Å². The first-order chi connectivity index (χ1) is 16.4. The van der Waals surface area contributed by atoms with Crippen molar-refractivity contribution in [3.05, 3.63) is 35.3 Å². The molecule has 1 aliphatic heterocycles. The maximum absolute atomic E-state index is 15.6. The number of hydrogen-bond acceptors (Lipinski definition) is 7. The summed E-state index contributed by atoms with van der Waals surface area (Å²) in [7, 11) is 1.52. The van der Waals surface area contributed by atoms with Crippen LogP contribution in [0, 0.1) is 12.7 Å². The summed E-state index contributed by atoms with van der Waals surface area (Å²) in [6.45, 7) is 4.61. The van der Waals surface area contributed by atoms with Crippen molar-refractivity contribution in [2.75, 3.05) is 26.9 Å². The molecule has 1 saturated carbocycles. The minimum absolute atomic E-state index is 0.123. The number of aliphatic carboxylic acids is 1. The van der Waals surface area contributed by atoms with E-state index >= 15 is 4.39 Å². The summed E-state index contributed by atoms with van der Waals surface area (Å²) in [5.74, 6) is -0.825. The van der Waals surface area contributed by atoms with E-state index in [0.29, 0.717) is 29.0 Å². The van der Waals surface area contributed by atoms with Gasteiger partial charge in [0.05, 0.1) is 39.6 Å². The third kappa shape index (κ3) is 4.95. The van der Waals surface area contributed by atoms with Crippen LogP contribution in [0.15, 0.2) is 18.3 Å². The van der Waals surface area contributed by atoms with Crippen LogP contribution in [0.1, 0.15) is 43.7 Å². The Morgan fingerprint density at radius 1 is 1.26 bits per heavy atom. The second-order valence-electron chi connectivity index (χ2n) is 8.53. The van der Waals surface area contributed by atoms with Gasteiger partial charge in [-0.1, -0.05) is 0 Å². The van der Waals surface area contributed by atoms with Gasteiger partial charge in [-0.15, -0.1) is 0 Å². The van der Waals surface area contributed by atoms with Crippen molar-refractivity contribution in [2.45, 2.75) is 57.8 Å². The molecule has 1 aliphatic carbocycles. The van der Waals surface area contributed by atoms with E-state index in [0.717, 1.165) is 12.8 Å². The van der Waals surface area contributed by atoms with Crippen molar-refractivity contribution in [1.82, 2.24) is 4.98 Å². The molecule has 9 heteroatoms. The zero-order valence-electron chi connectivity index (χ0n) is 19.7. The van der Waals surface area contributed by atoms with Gasteiger partial charge >= 0.3 is 5.97 Å². The van der Waals surface area contributed by atoms with Crippen LogP contribution in [-0.2, 0) is 20.9 Å². The van der Waals surface area contributed by atoms with Crippen LogP contribution in [0.5, 0.6) is 17.4 Å². The predicted octanol–water partition coefficient (Wildman–Crippen LogP) is 4.30. The Bertz CT molecular complexity index is 1050. The number of pyridine rings is 1.